The third-order valence-corrected chi connectivity index (χ3v) is 3.99. The molecule has 1 fully saturated rings. The average molecular weight is 314 g/mol. The van der Waals surface area contributed by atoms with Gasteiger partial charge in [0.1, 0.15) is 12.3 Å². The SMILES string of the molecule is O=C(Nc1cnn2cccnc12)C(=O)N1CC(C2=NOCC2)C1. The number of fused-ring (bicyclic) bond motifs is 1. The van der Waals surface area contributed by atoms with Crippen molar-refractivity contribution in [2.75, 3.05) is 25.0 Å². The number of aromatic nitrogens is 3. The molecule has 2 aliphatic heterocycles. The quantitative estimate of drug-likeness (QED) is 0.780. The van der Waals surface area contributed by atoms with Crippen molar-refractivity contribution < 1.29 is 14.4 Å². The van der Waals surface area contributed by atoms with Crippen LogP contribution in [0.3, 0.4) is 0 Å². The fourth-order valence-electron chi connectivity index (χ4n) is 2.69. The molecule has 0 saturated carbocycles. The van der Waals surface area contributed by atoms with E-state index in [1.54, 1.807) is 18.5 Å². The molecule has 0 aliphatic carbocycles. The Balaban J connectivity index is 1.39. The molecule has 2 aliphatic rings. The van der Waals surface area contributed by atoms with E-state index in [0.717, 1.165) is 12.1 Å². The number of nitrogens with one attached hydrogen (secondary N) is 1. The highest BCUT2D eigenvalue weighted by atomic mass is 16.6. The number of oxime groups is 1. The molecule has 4 rings (SSSR count). The summed E-state index contributed by atoms with van der Waals surface area (Å²) >= 11 is 0. The van der Waals surface area contributed by atoms with Gasteiger partial charge in [-0.2, -0.15) is 5.10 Å². The van der Waals surface area contributed by atoms with Gasteiger partial charge in [0.15, 0.2) is 5.65 Å². The minimum Gasteiger partial charge on any atom is -0.395 e. The van der Waals surface area contributed by atoms with Gasteiger partial charge in [-0.05, 0) is 6.07 Å². The van der Waals surface area contributed by atoms with Gasteiger partial charge in [0.2, 0.25) is 0 Å². The Labute approximate surface area is 130 Å². The van der Waals surface area contributed by atoms with Crippen molar-refractivity contribution in [3.05, 3.63) is 24.7 Å². The minimum absolute atomic E-state index is 0.202. The maximum absolute atomic E-state index is 12.1. The molecular weight excluding hydrogens is 300 g/mol. The number of carbonyl (C=O) groups excluding carboxylic acids is 2. The van der Waals surface area contributed by atoms with Crippen LogP contribution in [0.2, 0.25) is 0 Å². The topological polar surface area (TPSA) is 101 Å². The van der Waals surface area contributed by atoms with Crippen LogP contribution >= 0.6 is 0 Å². The summed E-state index contributed by atoms with van der Waals surface area (Å²) in [6.07, 6.45) is 5.58. The Hall–Kier alpha value is -2.97. The number of carbonyl (C=O) groups is 2. The van der Waals surface area contributed by atoms with Crippen LogP contribution in [-0.2, 0) is 14.4 Å². The van der Waals surface area contributed by atoms with Gasteiger partial charge in [-0.15, -0.1) is 0 Å². The minimum atomic E-state index is -0.686. The van der Waals surface area contributed by atoms with Crippen LogP contribution in [0.25, 0.3) is 5.65 Å². The zero-order chi connectivity index (χ0) is 15.8. The van der Waals surface area contributed by atoms with Crippen LogP contribution in [0.5, 0.6) is 0 Å². The second kappa shape index (κ2) is 5.34. The second-order valence-corrected chi connectivity index (χ2v) is 5.47. The molecule has 0 spiro atoms. The van der Waals surface area contributed by atoms with E-state index in [9.17, 15) is 9.59 Å². The third-order valence-electron chi connectivity index (χ3n) is 3.99. The van der Waals surface area contributed by atoms with Crippen LogP contribution in [0.15, 0.2) is 29.8 Å². The first kappa shape index (κ1) is 13.7. The van der Waals surface area contributed by atoms with E-state index in [-0.39, 0.29) is 5.92 Å². The van der Waals surface area contributed by atoms with Gasteiger partial charge in [0.05, 0.1) is 11.9 Å². The van der Waals surface area contributed by atoms with Crippen molar-refractivity contribution in [2.24, 2.45) is 11.1 Å². The van der Waals surface area contributed by atoms with Gasteiger partial charge in [-0.3, -0.25) is 9.59 Å². The zero-order valence-electron chi connectivity index (χ0n) is 12.2. The van der Waals surface area contributed by atoms with Gasteiger partial charge in [0, 0.05) is 37.8 Å². The molecular formula is C14H14N6O3. The smallest absolute Gasteiger partial charge is 0.314 e. The Morgan fingerprint density at radius 3 is 3.00 bits per heavy atom. The lowest BCUT2D eigenvalue weighted by Gasteiger charge is -2.38. The maximum Gasteiger partial charge on any atom is 0.314 e. The van der Waals surface area contributed by atoms with Crippen LogP contribution in [0.4, 0.5) is 5.69 Å². The maximum atomic E-state index is 12.1. The van der Waals surface area contributed by atoms with Crippen LogP contribution in [0.1, 0.15) is 6.42 Å². The van der Waals surface area contributed by atoms with E-state index in [0.29, 0.717) is 31.0 Å². The normalized spacial score (nSPS) is 17.6. The van der Waals surface area contributed by atoms with Crippen LogP contribution < -0.4 is 5.32 Å². The molecule has 4 heterocycles. The molecule has 0 atom stereocenters. The summed E-state index contributed by atoms with van der Waals surface area (Å²) in [5, 5.41) is 10.6. The van der Waals surface area contributed by atoms with E-state index in [1.807, 2.05) is 0 Å². The van der Waals surface area contributed by atoms with E-state index in [4.69, 9.17) is 4.84 Å². The van der Waals surface area contributed by atoms with Crippen molar-refractivity contribution in [3.63, 3.8) is 0 Å². The van der Waals surface area contributed by atoms with Crippen molar-refractivity contribution in [3.8, 4) is 0 Å². The summed E-state index contributed by atoms with van der Waals surface area (Å²) in [7, 11) is 0. The molecule has 23 heavy (non-hydrogen) atoms. The molecule has 118 valence electrons. The molecule has 9 nitrogen and oxygen atoms in total. The number of hydrogen-bond acceptors (Lipinski definition) is 6. The van der Waals surface area contributed by atoms with Crippen molar-refractivity contribution in [1.82, 2.24) is 19.5 Å². The molecule has 2 amide bonds. The van der Waals surface area contributed by atoms with Gasteiger partial charge in [-0.25, -0.2) is 9.50 Å². The number of amides is 2. The summed E-state index contributed by atoms with van der Waals surface area (Å²) in [4.78, 5) is 34.8. The molecule has 0 aromatic carbocycles. The van der Waals surface area contributed by atoms with Gasteiger partial charge < -0.3 is 15.1 Å². The first-order chi connectivity index (χ1) is 11.2. The van der Waals surface area contributed by atoms with Crippen molar-refractivity contribution >= 4 is 28.9 Å². The zero-order valence-corrected chi connectivity index (χ0v) is 12.2. The number of rotatable bonds is 2. The summed E-state index contributed by atoms with van der Waals surface area (Å²) in [5.41, 5.74) is 1.88. The highest BCUT2D eigenvalue weighted by Gasteiger charge is 2.38. The Bertz CT molecular complexity index is 808. The van der Waals surface area contributed by atoms with Crippen LogP contribution in [0, 0.1) is 5.92 Å². The molecule has 9 heteroatoms. The first-order valence-electron chi connectivity index (χ1n) is 7.30. The van der Waals surface area contributed by atoms with E-state index in [2.05, 4.69) is 20.6 Å². The molecule has 1 N–H and O–H groups in total. The van der Waals surface area contributed by atoms with E-state index >= 15 is 0 Å². The Morgan fingerprint density at radius 2 is 2.22 bits per heavy atom. The number of likely N-dealkylation sites (tertiary alicyclic amines) is 1. The highest BCUT2D eigenvalue weighted by molar-refractivity contribution is 6.40. The standard InChI is InChI=1S/C14H14N6O3/c21-13(17-11-6-16-20-4-1-3-15-12(11)20)14(22)19-7-9(8-19)10-2-5-23-18-10/h1,3-4,6,9H,2,5,7-8H2,(H,17,21). The number of hydrogen-bond donors (Lipinski definition) is 1. The van der Waals surface area contributed by atoms with Crippen molar-refractivity contribution in [1.29, 1.82) is 0 Å². The summed E-state index contributed by atoms with van der Waals surface area (Å²) in [6, 6.07) is 1.73. The average Bonchev–Trinajstić information content (AvgIpc) is 3.16. The summed E-state index contributed by atoms with van der Waals surface area (Å²) in [6.45, 7) is 1.60. The van der Waals surface area contributed by atoms with Crippen molar-refractivity contribution in [2.45, 2.75) is 6.42 Å². The lowest BCUT2D eigenvalue weighted by atomic mass is 9.93. The van der Waals surface area contributed by atoms with Gasteiger partial charge in [0.25, 0.3) is 0 Å². The first-order valence-corrected chi connectivity index (χ1v) is 7.30. The predicted octanol–water partition coefficient (Wildman–Crippen LogP) is -0.0975. The van der Waals surface area contributed by atoms with Crippen LogP contribution in [-0.4, -0.2) is 56.7 Å². The van der Waals surface area contributed by atoms with Gasteiger partial charge >= 0.3 is 11.8 Å². The number of anilines is 1. The molecule has 0 radical (unpaired) electrons. The van der Waals surface area contributed by atoms with E-state index in [1.165, 1.54) is 15.6 Å². The summed E-state index contributed by atoms with van der Waals surface area (Å²) < 4.78 is 1.53. The largest absolute Gasteiger partial charge is 0.395 e. The molecule has 2 aromatic rings. The molecule has 0 bridgehead atoms. The lowest BCUT2D eigenvalue weighted by Crippen LogP contribution is -2.55. The molecule has 2 aromatic heterocycles. The summed E-state index contributed by atoms with van der Waals surface area (Å²) in [5.74, 6) is -1.04. The second-order valence-electron chi connectivity index (χ2n) is 5.47. The highest BCUT2D eigenvalue weighted by Crippen LogP contribution is 2.22. The monoisotopic (exact) mass is 314 g/mol. The fraction of sp³-hybridized carbons (Fsp3) is 0.357. The number of nitrogens with zero attached hydrogens (tertiary/aromatic N) is 5. The third kappa shape index (κ3) is 2.39. The molecule has 1 saturated heterocycles. The van der Waals surface area contributed by atoms with E-state index < -0.39 is 11.8 Å². The van der Waals surface area contributed by atoms with Gasteiger partial charge in [-0.1, -0.05) is 5.16 Å². The molecule has 0 unspecified atom stereocenters. The Morgan fingerprint density at radius 1 is 1.35 bits per heavy atom. The predicted molar refractivity (Wildman–Crippen MR) is 79.7 cm³/mol. The Kier molecular flexibility index (Phi) is 3.18. The lowest BCUT2D eigenvalue weighted by molar-refractivity contribution is -0.146. The fourth-order valence-corrected chi connectivity index (χ4v) is 2.69.